The first-order valence-corrected chi connectivity index (χ1v) is 9.53. The molecule has 3 rings (SSSR count). The largest absolute Gasteiger partial charge is 0.492 e. The van der Waals surface area contributed by atoms with Crippen molar-refractivity contribution in [2.24, 2.45) is 5.92 Å². The molecule has 0 radical (unpaired) electrons. The predicted molar refractivity (Wildman–Crippen MR) is 106 cm³/mol. The Bertz CT molecular complexity index is 768. The van der Waals surface area contributed by atoms with Crippen LogP contribution in [0.2, 0.25) is 0 Å². The number of carbonyl (C=O) groups excluding carboxylic acids is 2. The standard InChI is InChI=1S/C22H26N2O3/c1-2-27-20-11-7-6-10-19(20)23-21(25)22(26)24-14-12-18(13-15-24)16-17-8-4-3-5-9-17/h3-11,18H,2,12-16H2,1H3,(H,23,25). The van der Waals surface area contributed by atoms with Crippen molar-refractivity contribution in [2.75, 3.05) is 25.0 Å². The molecular weight excluding hydrogens is 340 g/mol. The molecule has 5 heteroatoms. The van der Waals surface area contributed by atoms with E-state index in [0.29, 0.717) is 37.1 Å². The van der Waals surface area contributed by atoms with E-state index in [1.54, 1.807) is 23.1 Å². The van der Waals surface area contributed by atoms with E-state index in [-0.39, 0.29) is 0 Å². The van der Waals surface area contributed by atoms with Crippen LogP contribution in [0.3, 0.4) is 0 Å². The summed E-state index contributed by atoms with van der Waals surface area (Å²) in [7, 11) is 0. The molecule has 0 atom stereocenters. The van der Waals surface area contributed by atoms with Crippen molar-refractivity contribution in [2.45, 2.75) is 26.2 Å². The second-order valence-electron chi connectivity index (χ2n) is 6.81. The van der Waals surface area contributed by atoms with Crippen LogP contribution in [0.15, 0.2) is 54.6 Å². The molecule has 1 saturated heterocycles. The molecule has 0 spiro atoms. The Labute approximate surface area is 160 Å². The highest BCUT2D eigenvalue weighted by atomic mass is 16.5. The zero-order valence-electron chi connectivity index (χ0n) is 15.7. The first-order valence-electron chi connectivity index (χ1n) is 9.53. The zero-order valence-corrected chi connectivity index (χ0v) is 15.7. The quantitative estimate of drug-likeness (QED) is 0.824. The smallest absolute Gasteiger partial charge is 0.314 e. The lowest BCUT2D eigenvalue weighted by molar-refractivity contribution is -0.144. The summed E-state index contributed by atoms with van der Waals surface area (Å²) >= 11 is 0. The van der Waals surface area contributed by atoms with E-state index < -0.39 is 11.8 Å². The lowest BCUT2D eigenvalue weighted by Crippen LogP contribution is -2.44. The van der Waals surface area contributed by atoms with Crippen molar-refractivity contribution >= 4 is 17.5 Å². The Balaban J connectivity index is 1.52. The Morgan fingerprint density at radius 2 is 1.70 bits per heavy atom. The van der Waals surface area contributed by atoms with Gasteiger partial charge in [-0.1, -0.05) is 42.5 Å². The fourth-order valence-corrected chi connectivity index (χ4v) is 3.46. The molecule has 1 heterocycles. The molecule has 0 bridgehead atoms. The van der Waals surface area contributed by atoms with Crippen molar-refractivity contribution in [3.8, 4) is 5.75 Å². The normalized spacial score (nSPS) is 14.6. The second-order valence-corrected chi connectivity index (χ2v) is 6.81. The number of ether oxygens (including phenoxy) is 1. The minimum Gasteiger partial charge on any atom is -0.492 e. The fraction of sp³-hybridized carbons (Fsp3) is 0.364. The zero-order chi connectivity index (χ0) is 19.1. The third kappa shape index (κ3) is 5.09. The average molecular weight is 366 g/mol. The minimum absolute atomic E-state index is 0.473. The third-order valence-corrected chi connectivity index (χ3v) is 4.90. The van der Waals surface area contributed by atoms with Crippen molar-refractivity contribution in [3.05, 3.63) is 60.2 Å². The van der Waals surface area contributed by atoms with Gasteiger partial charge in [-0.2, -0.15) is 0 Å². The van der Waals surface area contributed by atoms with E-state index in [2.05, 4.69) is 29.6 Å². The monoisotopic (exact) mass is 366 g/mol. The van der Waals surface area contributed by atoms with Gasteiger partial charge in [0.15, 0.2) is 0 Å². The van der Waals surface area contributed by atoms with Crippen LogP contribution >= 0.6 is 0 Å². The van der Waals surface area contributed by atoms with Crippen LogP contribution in [0.4, 0.5) is 5.69 Å². The van der Waals surface area contributed by atoms with E-state index in [4.69, 9.17) is 4.74 Å². The van der Waals surface area contributed by atoms with E-state index in [9.17, 15) is 9.59 Å². The molecule has 0 saturated carbocycles. The van der Waals surface area contributed by atoms with Crippen LogP contribution in [0.1, 0.15) is 25.3 Å². The van der Waals surface area contributed by atoms with Gasteiger partial charge in [0, 0.05) is 13.1 Å². The number of amides is 2. The van der Waals surface area contributed by atoms with Gasteiger partial charge >= 0.3 is 11.8 Å². The number of anilines is 1. The van der Waals surface area contributed by atoms with Gasteiger partial charge in [0.1, 0.15) is 5.75 Å². The van der Waals surface area contributed by atoms with Gasteiger partial charge in [-0.15, -0.1) is 0 Å². The molecule has 5 nitrogen and oxygen atoms in total. The number of carbonyl (C=O) groups is 2. The van der Waals surface area contributed by atoms with Crippen LogP contribution in [0, 0.1) is 5.92 Å². The number of piperidine rings is 1. The van der Waals surface area contributed by atoms with E-state index in [1.165, 1.54) is 5.56 Å². The van der Waals surface area contributed by atoms with Crippen LogP contribution in [-0.2, 0) is 16.0 Å². The Hall–Kier alpha value is -2.82. The third-order valence-electron chi connectivity index (χ3n) is 4.90. The van der Waals surface area contributed by atoms with E-state index >= 15 is 0 Å². The first kappa shape index (κ1) is 19.0. The lowest BCUT2D eigenvalue weighted by Gasteiger charge is -2.31. The summed E-state index contributed by atoms with van der Waals surface area (Å²) < 4.78 is 5.49. The van der Waals surface area contributed by atoms with Crippen LogP contribution in [-0.4, -0.2) is 36.4 Å². The number of nitrogens with one attached hydrogen (secondary N) is 1. The summed E-state index contributed by atoms with van der Waals surface area (Å²) in [4.78, 5) is 26.5. The topological polar surface area (TPSA) is 58.6 Å². The number of hydrogen-bond donors (Lipinski definition) is 1. The first-order chi connectivity index (χ1) is 13.2. The summed E-state index contributed by atoms with van der Waals surface area (Å²) in [6.07, 6.45) is 2.86. The van der Waals surface area contributed by atoms with E-state index in [0.717, 1.165) is 19.3 Å². The van der Waals surface area contributed by atoms with Crippen molar-refractivity contribution in [3.63, 3.8) is 0 Å². The Morgan fingerprint density at radius 1 is 1.04 bits per heavy atom. The van der Waals surface area contributed by atoms with Crippen LogP contribution in [0.5, 0.6) is 5.75 Å². The summed E-state index contributed by atoms with van der Waals surface area (Å²) in [6, 6.07) is 17.6. The highest BCUT2D eigenvalue weighted by Crippen LogP contribution is 2.25. The highest BCUT2D eigenvalue weighted by molar-refractivity contribution is 6.39. The van der Waals surface area contributed by atoms with E-state index in [1.807, 2.05) is 19.1 Å². The molecule has 1 N–H and O–H groups in total. The minimum atomic E-state index is -0.608. The van der Waals surface area contributed by atoms with Gasteiger partial charge in [-0.05, 0) is 49.8 Å². The number of likely N-dealkylation sites (tertiary alicyclic amines) is 1. The SMILES string of the molecule is CCOc1ccccc1NC(=O)C(=O)N1CCC(Cc2ccccc2)CC1. The van der Waals surface area contributed by atoms with Gasteiger partial charge in [0.25, 0.3) is 0 Å². The molecule has 1 aliphatic heterocycles. The Morgan fingerprint density at radius 3 is 2.41 bits per heavy atom. The molecule has 2 aromatic rings. The predicted octanol–water partition coefficient (Wildman–Crippen LogP) is 3.51. The second kappa shape index (κ2) is 9.21. The molecule has 27 heavy (non-hydrogen) atoms. The van der Waals surface area contributed by atoms with Gasteiger partial charge in [-0.25, -0.2) is 0 Å². The lowest BCUT2D eigenvalue weighted by atomic mass is 9.90. The van der Waals surface area contributed by atoms with Crippen LogP contribution < -0.4 is 10.1 Å². The van der Waals surface area contributed by atoms with Gasteiger partial charge in [-0.3, -0.25) is 9.59 Å². The van der Waals surface area contributed by atoms with Crippen molar-refractivity contribution < 1.29 is 14.3 Å². The molecule has 0 aromatic heterocycles. The molecule has 0 unspecified atom stereocenters. The molecule has 0 aliphatic carbocycles. The molecular formula is C22H26N2O3. The van der Waals surface area contributed by atoms with Gasteiger partial charge in [0.2, 0.25) is 0 Å². The number of rotatable bonds is 5. The maximum atomic E-state index is 12.5. The van der Waals surface area contributed by atoms with Gasteiger partial charge < -0.3 is 15.0 Å². The molecule has 1 aliphatic rings. The number of hydrogen-bond acceptors (Lipinski definition) is 3. The maximum absolute atomic E-state index is 12.5. The summed E-state index contributed by atoms with van der Waals surface area (Å²) in [6.45, 7) is 3.62. The van der Waals surface area contributed by atoms with Crippen molar-refractivity contribution in [1.29, 1.82) is 0 Å². The summed E-state index contributed by atoms with van der Waals surface area (Å²) in [5.74, 6) is 0.0454. The maximum Gasteiger partial charge on any atom is 0.314 e. The average Bonchev–Trinajstić information content (AvgIpc) is 2.70. The molecule has 142 valence electrons. The summed E-state index contributed by atoms with van der Waals surface area (Å²) in [5.41, 5.74) is 1.85. The summed E-state index contributed by atoms with van der Waals surface area (Å²) in [5, 5.41) is 2.69. The Kier molecular flexibility index (Phi) is 6.47. The highest BCUT2D eigenvalue weighted by Gasteiger charge is 2.27. The number of para-hydroxylation sites is 2. The fourth-order valence-electron chi connectivity index (χ4n) is 3.46. The van der Waals surface area contributed by atoms with Crippen LogP contribution in [0.25, 0.3) is 0 Å². The molecule has 2 amide bonds. The van der Waals surface area contributed by atoms with Gasteiger partial charge in [0.05, 0.1) is 12.3 Å². The van der Waals surface area contributed by atoms with Crippen molar-refractivity contribution in [1.82, 2.24) is 4.90 Å². The number of nitrogens with zero attached hydrogens (tertiary/aromatic N) is 1. The number of benzene rings is 2. The molecule has 1 fully saturated rings. The molecule has 2 aromatic carbocycles.